The maximum absolute atomic E-state index is 12.4. The highest BCUT2D eigenvalue weighted by Crippen LogP contribution is 2.17. The number of urea groups is 2. The Morgan fingerprint density at radius 3 is 1.94 bits per heavy atom. The normalized spacial score (nSPS) is 13.3. The predicted molar refractivity (Wildman–Crippen MR) is 184 cm³/mol. The molecule has 0 radical (unpaired) electrons. The van der Waals surface area contributed by atoms with E-state index < -0.39 is 32.1 Å². The van der Waals surface area contributed by atoms with Crippen molar-refractivity contribution in [3.8, 4) is 0 Å². The number of hydrogen-bond acceptors (Lipinski definition) is 10. The maximum Gasteiger partial charge on any atom is 0.328 e. The smallest absolute Gasteiger partial charge is 0.328 e. The minimum absolute atomic E-state index is 0.00217. The molecule has 15 nitrogen and oxygen atoms in total. The van der Waals surface area contributed by atoms with Crippen LogP contribution in [0.4, 0.5) is 15.3 Å². The van der Waals surface area contributed by atoms with Crippen LogP contribution in [0, 0.1) is 6.92 Å². The van der Waals surface area contributed by atoms with Gasteiger partial charge in [0.2, 0.25) is 0 Å². The molecule has 1 fully saturated rings. The van der Waals surface area contributed by atoms with Gasteiger partial charge >= 0.3 is 12.1 Å². The molecule has 17 heteroatoms. The van der Waals surface area contributed by atoms with Crippen LogP contribution in [0.5, 0.6) is 0 Å². The van der Waals surface area contributed by atoms with Gasteiger partial charge in [0.25, 0.3) is 26.0 Å². The third kappa shape index (κ3) is 13.3. The molecule has 0 bridgehead atoms. The van der Waals surface area contributed by atoms with Crippen molar-refractivity contribution in [1.29, 1.82) is 0 Å². The number of nitrogens with zero attached hydrogens (tertiary/aromatic N) is 2. The molecule has 49 heavy (non-hydrogen) atoms. The zero-order valence-electron chi connectivity index (χ0n) is 27.6. The van der Waals surface area contributed by atoms with Gasteiger partial charge in [-0.05, 0) is 74.6 Å². The summed E-state index contributed by atoms with van der Waals surface area (Å²) < 4.78 is 52.4. The SMILES string of the molecule is CCCCNC(=O)NS(=O)(=O)c1ccc(N)cc1.Cc1cnc(C(=O)NCCc2ccc(S(=O)(=O)NC(=O)NC3CCCCC3)cc2)cn1. The Morgan fingerprint density at radius 1 is 0.776 bits per heavy atom. The summed E-state index contributed by atoms with van der Waals surface area (Å²) in [7, 11) is -7.78. The van der Waals surface area contributed by atoms with Crippen molar-refractivity contribution in [1.82, 2.24) is 35.4 Å². The molecule has 0 unspecified atom stereocenters. The van der Waals surface area contributed by atoms with Gasteiger partial charge in [0.1, 0.15) is 5.69 Å². The Labute approximate surface area is 287 Å². The van der Waals surface area contributed by atoms with Crippen LogP contribution < -0.4 is 31.1 Å². The van der Waals surface area contributed by atoms with Crippen molar-refractivity contribution in [2.75, 3.05) is 18.8 Å². The van der Waals surface area contributed by atoms with Crippen molar-refractivity contribution < 1.29 is 31.2 Å². The van der Waals surface area contributed by atoms with Gasteiger partial charge in [0.05, 0.1) is 21.7 Å². The lowest BCUT2D eigenvalue weighted by atomic mass is 9.96. The lowest BCUT2D eigenvalue weighted by molar-refractivity contribution is 0.0948. The second-order valence-electron chi connectivity index (χ2n) is 11.4. The first-order chi connectivity index (χ1) is 23.3. The summed E-state index contributed by atoms with van der Waals surface area (Å²) in [4.78, 5) is 43.5. The fraction of sp³-hybridized carbons (Fsp3) is 0.406. The first-order valence-corrected chi connectivity index (χ1v) is 18.9. The number of benzene rings is 2. The number of nitrogens with one attached hydrogen (secondary N) is 5. The lowest BCUT2D eigenvalue weighted by Crippen LogP contribution is -2.45. The molecule has 1 aromatic heterocycles. The number of nitrogens with two attached hydrogens (primary N) is 1. The highest BCUT2D eigenvalue weighted by Gasteiger charge is 2.21. The molecule has 1 saturated carbocycles. The van der Waals surface area contributed by atoms with Gasteiger partial charge in [0.15, 0.2) is 0 Å². The Bertz CT molecular complexity index is 1750. The van der Waals surface area contributed by atoms with Crippen LogP contribution in [0.15, 0.2) is 70.7 Å². The number of rotatable bonds is 12. The van der Waals surface area contributed by atoms with E-state index in [1.807, 2.05) is 11.6 Å². The second kappa shape index (κ2) is 18.7. The van der Waals surface area contributed by atoms with E-state index >= 15 is 0 Å². The van der Waals surface area contributed by atoms with Crippen LogP contribution in [0.3, 0.4) is 0 Å². The highest BCUT2D eigenvalue weighted by atomic mass is 32.2. The molecule has 0 spiro atoms. The predicted octanol–water partition coefficient (Wildman–Crippen LogP) is 3.13. The number of anilines is 1. The van der Waals surface area contributed by atoms with E-state index in [9.17, 15) is 31.2 Å². The minimum atomic E-state index is -3.95. The molecular formula is C32H44N8O7S2. The molecule has 0 atom stereocenters. The molecular weight excluding hydrogens is 673 g/mol. The molecule has 7 N–H and O–H groups in total. The number of amides is 5. The van der Waals surface area contributed by atoms with E-state index in [-0.39, 0.29) is 27.4 Å². The number of carbonyl (C=O) groups excluding carboxylic acids is 3. The van der Waals surface area contributed by atoms with E-state index in [1.54, 1.807) is 19.1 Å². The van der Waals surface area contributed by atoms with Crippen molar-refractivity contribution in [3.05, 3.63) is 77.9 Å². The topological polar surface area (TPSA) is 231 Å². The summed E-state index contributed by atoms with van der Waals surface area (Å²) in [6.07, 6.45) is 10.1. The molecule has 266 valence electrons. The number of hydrogen-bond donors (Lipinski definition) is 6. The molecule has 0 saturated heterocycles. The zero-order chi connectivity index (χ0) is 35.9. The van der Waals surface area contributed by atoms with Crippen LogP contribution in [-0.4, -0.2) is 63.9 Å². The van der Waals surface area contributed by atoms with Crippen LogP contribution in [-0.2, 0) is 26.5 Å². The Morgan fingerprint density at radius 2 is 1.37 bits per heavy atom. The zero-order valence-corrected chi connectivity index (χ0v) is 29.2. The fourth-order valence-corrected chi connectivity index (χ4v) is 6.49. The first kappa shape index (κ1) is 38.7. The van der Waals surface area contributed by atoms with E-state index in [0.717, 1.165) is 56.2 Å². The summed E-state index contributed by atoms with van der Waals surface area (Å²) in [5, 5.41) is 7.95. The highest BCUT2D eigenvalue weighted by molar-refractivity contribution is 7.90. The largest absolute Gasteiger partial charge is 0.399 e. The van der Waals surface area contributed by atoms with Gasteiger partial charge in [-0.15, -0.1) is 0 Å². The van der Waals surface area contributed by atoms with Crippen molar-refractivity contribution in [2.24, 2.45) is 0 Å². The summed E-state index contributed by atoms with van der Waals surface area (Å²) in [5.74, 6) is -0.320. The number of aryl methyl sites for hydroxylation is 1. The lowest BCUT2D eigenvalue weighted by Gasteiger charge is -2.22. The third-order valence-electron chi connectivity index (χ3n) is 7.35. The molecule has 1 heterocycles. The van der Waals surface area contributed by atoms with Gasteiger partial charge in [0, 0.05) is 31.0 Å². The minimum Gasteiger partial charge on any atom is -0.399 e. The number of aromatic nitrogens is 2. The Hall–Kier alpha value is -4.77. The first-order valence-electron chi connectivity index (χ1n) is 15.9. The standard InChI is InChI=1S/C21H27N5O4S.C11H17N3O3S/c1-15-13-24-19(14-23-15)20(27)22-12-11-16-7-9-18(10-8-16)31(29,30)26-21(28)25-17-5-3-2-4-6-17;1-2-3-8-13-11(15)14-18(16,17)10-6-4-9(12)5-7-10/h7-10,13-14,17H,2-6,11-12H2,1H3,(H,22,27)(H2,25,26,28);4-7H,2-3,8,12H2,1H3,(H2,13,14,15). The van der Waals surface area contributed by atoms with Crippen molar-refractivity contribution in [3.63, 3.8) is 0 Å². The van der Waals surface area contributed by atoms with E-state index in [1.165, 1.54) is 48.8 Å². The number of sulfonamides is 2. The van der Waals surface area contributed by atoms with Gasteiger partial charge in [-0.3, -0.25) is 9.78 Å². The third-order valence-corrected chi connectivity index (χ3v) is 10.0. The summed E-state index contributed by atoms with van der Waals surface area (Å²) in [6, 6.07) is 10.4. The second-order valence-corrected chi connectivity index (χ2v) is 14.8. The van der Waals surface area contributed by atoms with E-state index in [2.05, 4.69) is 30.6 Å². The number of carbonyl (C=O) groups is 3. The molecule has 3 aromatic rings. The van der Waals surface area contributed by atoms with Crippen LogP contribution in [0.25, 0.3) is 0 Å². The van der Waals surface area contributed by atoms with Gasteiger partial charge in [-0.25, -0.2) is 40.9 Å². The molecule has 0 aliphatic heterocycles. The van der Waals surface area contributed by atoms with Crippen LogP contribution in [0.1, 0.15) is 73.6 Å². The summed E-state index contributed by atoms with van der Waals surface area (Å²) >= 11 is 0. The van der Waals surface area contributed by atoms with Gasteiger partial charge in [-0.1, -0.05) is 44.7 Å². The Balaban J connectivity index is 0.000000308. The van der Waals surface area contributed by atoms with Crippen LogP contribution in [0.2, 0.25) is 0 Å². The molecule has 1 aliphatic carbocycles. The quantitative estimate of drug-likeness (QED) is 0.118. The Kier molecular flexibility index (Phi) is 14.8. The molecule has 2 aromatic carbocycles. The average Bonchev–Trinajstić information content (AvgIpc) is 3.06. The number of nitrogen functional groups attached to an aromatic ring is 1. The molecule has 4 rings (SSSR count). The molecule has 5 amide bonds. The van der Waals surface area contributed by atoms with E-state index in [0.29, 0.717) is 25.2 Å². The fourth-order valence-electron chi connectivity index (χ4n) is 4.64. The van der Waals surface area contributed by atoms with E-state index in [4.69, 9.17) is 5.73 Å². The molecule has 1 aliphatic rings. The van der Waals surface area contributed by atoms with Crippen LogP contribution >= 0.6 is 0 Å². The van der Waals surface area contributed by atoms with Crippen molar-refractivity contribution in [2.45, 2.75) is 81.0 Å². The monoisotopic (exact) mass is 716 g/mol. The summed E-state index contributed by atoms with van der Waals surface area (Å²) in [5.41, 5.74) is 7.73. The maximum atomic E-state index is 12.4. The van der Waals surface area contributed by atoms with Gasteiger partial charge < -0.3 is 21.7 Å². The number of unbranched alkanes of at least 4 members (excludes halogenated alkanes) is 1. The van der Waals surface area contributed by atoms with Gasteiger partial charge in [-0.2, -0.15) is 0 Å². The summed E-state index contributed by atoms with van der Waals surface area (Å²) in [6.45, 7) is 4.57. The average molecular weight is 717 g/mol. The van der Waals surface area contributed by atoms with Crippen molar-refractivity contribution >= 4 is 43.7 Å².